The molecular weight excluding hydrogens is 856 g/mol. The van der Waals surface area contributed by atoms with Crippen molar-refractivity contribution in [2.24, 2.45) is 5.92 Å². The Hall–Kier alpha value is -6.85. The van der Waals surface area contributed by atoms with E-state index in [2.05, 4.69) is 58.8 Å². The summed E-state index contributed by atoms with van der Waals surface area (Å²) in [5.41, 5.74) is 5.52. The number of hydrogen-bond donors (Lipinski definition) is 1. The van der Waals surface area contributed by atoms with Crippen LogP contribution in [0.4, 0.5) is 4.39 Å². The highest BCUT2D eigenvalue weighted by atomic mass is 19.1. The minimum absolute atomic E-state index is 0.0210. The van der Waals surface area contributed by atoms with Gasteiger partial charge in [0.15, 0.2) is 5.82 Å². The van der Waals surface area contributed by atoms with Gasteiger partial charge in [0, 0.05) is 60.9 Å². The summed E-state index contributed by atoms with van der Waals surface area (Å²) in [6.07, 6.45) is 8.00. The number of nitrogens with one attached hydrogen (secondary N) is 1. The predicted molar refractivity (Wildman–Crippen MR) is 248 cm³/mol. The third kappa shape index (κ3) is 6.83. The van der Waals surface area contributed by atoms with Crippen LogP contribution in [-0.2, 0) is 28.0 Å². The van der Waals surface area contributed by atoms with Crippen molar-refractivity contribution in [2.75, 3.05) is 26.9 Å². The number of aryl methyl sites for hydroxylation is 2. The number of imidazole rings is 1. The second-order valence-corrected chi connectivity index (χ2v) is 19.3. The molecule has 5 aromatic heterocycles. The first-order chi connectivity index (χ1) is 32.2. The number of carbonyl (C=O) groups excluding carboxylic acids is 1. The average Bonchev–Trinajstić information content (AvgIpc) is 3.95. The zero-order valence-electron chi connectivity index (χ0n) is 38.7. The van der Waals surface area contributed by atoms with Gasteiger partial charge in [-0.25, -0.2) is 18.7 Å². The lowest BCUT2D eigenvalue weighted by atomic mass is 9.83. The third-order valence-corrected chi connectivity index (χ3v) is 14.5. The SMILES string of the molecule is COCCn1ncc2cc(-n3ccn(-c4c5c(nn4-c4cc(C)c(F)c(C)c4)CCN(C(=O)c4cc6cc([C@H]7CCOC(C)(C)C7)ccc6n4[C@@]4(c6noc(=O)[nH]6)C[C@@H]4C)[C@H]5C)c3=O)ccc21. The molecule has 17 heteroatoms. The molecule has 1 saturated carbocycles. The van der Waals surface area contributed by atoms with Gasteiger partial charge in [-0.2, -0.15) is 10.2 Å². The molecule has 0 radical (unpaired) electrons. The van der Waals surface area contributed by atoms with Gasteiger partial charge in [-0.15, -0.1) is 0 Å². The van der Waals surface area contributed by atoms with Crippen LogP contribution in [0.5, 0.6) is 0 Å². The highest BCUT2D eigenvalue weighted by molar-refractivity contribution is 6.00. The van der Waals surface area contributed by atoms with Crippen molar-refractivity contribution in [1.82, 2.24) is 48.3 Å². The Balaban J connectivity index is 1.04. The predicted octanol–water partition coefficient (Wildman–Crippen LogP) is 7.41. The summed E-state index contributed by atoms with van der Waals surface area (Å²) in [6, 6.07) is 17.0. The molecule has 1 amide bonds. The first kappa shape index (κ1) is 42.8. The summed E-state index contributed by atoms with van der Waals surface area (Å²) in [5.74, 6) is -0.0532. The van der Waals surface area contributed by atoms with Gasteiger partial charge < -0.3 is 18.9 Å². The Bertz CT molecular complexity index is 3380. The van der Waals surface area contributed by atoms with E-state index in [1.165, 1.54) is 5.56 Å². The van der Waals surface area contributed by atoms with E-state index in [9.17, 15) is 9.59 Å². The number of hydrogen-bond acceptors (Lipinski definition) is 9. The zero-order valence-corrected chi connectivity index (χ0v) is 38.7. The van der Waals surface area contributed by atoms with Crippen molar-refractivity contribution in [2.45, 2.75) is 96.9 Å². The number of H-pyrrole nitrogens is 1. The quantitative estimate of drug-likeness (QED) is 0.147. The van der Waals surface area contributed by atoms with Crippen LogP contribution in [0.25, 0.3) is 39.0 Å². The number of carbonyl (C=O) groups is 1. The lowest BCUT2D eigenvalue weighted by molar-refractivity contribution is -0.0592. The number of amides is 1. The van der Waals surface area contributed by atoms with Crippen LogP contribution >= 0.6 is 0 Å². The number of rotatable bonds is 10. The standard InChI is InChI=1S/C50H53FN10O6/c1-28-20-37(21-29(2)43(28)51)61-44(58-16-15-57(48(58)64)36-9-11-39-35(23-36)27-52-59(39)17-19-65-7)42-31(4)56(14-12-38(42)54-61)45(62)41-24-34-22-32(33-13-18-66-49(5,6)26-33)8-10-40(34)60(41)50(25-30(50)3)46-53-47(63)67-55-46/h8-11,15-16,20-24,27,30-31,33H,12-14,17-19,25-26H2,1-7H3,(H,53,55,63)/t30-,31-,33-,50-/m0/s1. The Morgan fingerprint density at radius 3 is 2.43 bits per heavy atom. The normalized spacial score (nSPS) is 21.4. The zero-order chi connectivity index (χ0) is 46.7. The van der Waals surface area contributed by atoms with Crippen LogP contribution in [0.1, 0.15) is 103 Å². The van der Waals surface area contributed by atoms with Crippen molar-refractivity contribution in [3.05, 3.63) is 140 Å². The molecule has 3 aliphatic rings. The second kappa shape index (κ2) is 15.6. The Morgan fingerprint density at radius 2 is 1.72 bits per heavy atom. The molecule has 2 fully saturated rings. The van der Waals surface area contributed by atoms with Gasteiger partial charge in [0.1, 0.15) is 22.9 Å². The molecule has 16 nitrogen and oxygen atoms in total. The molecule has 67 heavy (non-hydrogen) atoms. The Labute approximate surface area is 384 Å². The van der Waals surface area contributed by atoms with Crippen molar-refractivity contribution in [1.29, 1.82) is 0 Å². The first-order valence-electron chi connectivity index (χ1n) is 23.0. The van der Waals surface area contributed by atoms with E-state index in [1.807, 2.05) is 40.8 Å². The maximum atomic E-state index is 15.6. The van der Waals surface area contributed by atoms with Crippen molar-refractivity contribution in [3.63, 3.8) is 0 Å². The molecule has 7 heterocycles. The molecule has 0 unspecified atom stereocenters. The highest BCUT2D eigenvalue weighted by Gasteiger charge is 2.59. The third-order valence-electron chi connectivity index (χ3n) is 14.5. The van der Waals surface area contributed by atoms with Gasteiger partial charge in [0.25, 0.3) is 5.91 Å². The summed E-state index contributed by atoms with van der Waals surface area (Å²) in [6.45, 7) is 13.8. The van der Waals surface area contributed by atoms with Crippen LogP contribution in [0, 0.1) is 25.6 Å². The molecule has 1 N–H and O–H groups in total. The summed E-state index contributed by atoms with van der Waals surface area (Å²) in [5, 5.41) is 15.6. The van der Waals surface area contributed by atoms with Crippen molar-refractivity contribution in [3.8, 4) is 17.2 Å². The fraction of sp³-hybridized carbons (Fsp3) is 0.400. The van der Waals surface area contributed by atoms with E-state index in [-0.39, 0.29) is 34.9 Å². The molecule has 2 aliphatic heterocycles. The van der Waals surface area contributed by atoms with E-state index >= 15 is 9.18 Å². The molecule has 0 bridgehead atoms. The molecule has 4 atom stereocenters. The summed E-state index contributed by atoms with van der Waals surface area (Å²) in [4.78, 5) is 47.5. The maximum absolute atomic E-state index is 15.6. The van der Waals surface area contributed by atoms with Gasteiger partial charge in [0.05, 0.1) is 53.6 Å². The number of aromatic nitrogens is 9. The number of fused-ring (bicyclic) bond motifs is 3. The monoisotopic (exact) mass is 908 g/mol. The van der Waals surface area contributed by atoms with Gasteiger partial charge in [-0.1, -0.05) is 18.1 Å². The lowest BCUT2D eigenvalue weighted by Crippen LogP contribution is -2.41. The van der Waals surface area contributed by atoms with Crippen LogP contribution < -0.4 is 11.4 Å². The molecule has 1 saturated heterocycles. The lowest BCUT2D eigenvalue weighted by Gasteiger charge is -2.35. The highest BCUT2D eigenvalue weighted by Crippen LogP contribution is 2.56. The fourth-order valence-corrected chi connectivity index (χ4v) is 11.0. The summed E-state index contributed by atoms with van der Waals surface area (Å²) >= 11 is 0. The molecule has 11 rings (SSSR count). The summed E-state index contributed by atoms with van der Waals surface area (Å²) in [7, 11) is 1.65. The van der Waals surface area contributed by atoms with Crippen molar-refractivity contribution >= 4 is 27.7 Å². The topological polar surface area (TPSA) is 165 Å². The van der Waals surface area contributed by atoms with Gasteiger partial charge in [-0.05, 0) is 131 Å². The van der Waals surface area contributed by atoms with E-state index in [1.54, 1.807) is 65.5 Å². The first-order valence-corrected chi connectivity index (χ1v) is 23.0. The second-order valence-electron chi connectivity index (χ2n) is 19.3. The van der Waals surface area contributed by atoms with Gasteiger partial charge in [-0.3, -0.25) is 28.1 Å². The number of methoxy groups -OCH3 is 1. The smallest absolute Gasteiger partial charge is 0.383 e. The van der Waals surface area contributed by atoms with Gasteiger partial charge >= 0.3 is 11.4 Å². The minimum atomic E-state index is -0.832. The van der Waals surface area contributed by atoms with Crippen molar-refractivity contribution < 1.29 is 23.2 Å². The molecule has 0 spiro atoms. The number of halogens is 1. The number of aromatic amines is 1. The molecule has 346 valence electrons. The molecule has 1 aliphatic carbocycles. The molecule has 3 aromatic carbocycles. The summed E-state index contributed by atoms with van der Waals surface area (Å²) < 4.78 is 40.3. The molecule has 8 aromatic rings. The number of nitrogens with zero attached hydrogens (tertiary/aromatic N) is 9. The largest absolute Gasteiger partial charge is 0.438 e. The Kier molecular flexibility index (Phi) is 9.97. The average molecular weight is 909 g/mol. The minimum Gasteiger partial charge on any atom is -0.383 e. The Morgan fingerprint density at radius 1 is 0.955 bits per heavy atom. The van der Waals surface area contributed by atoms with E-state index in [0.717, 1.165) is 40.3 Å². The van der Waals surface area contributed by atoms with Crippen LogP contribution in [0.2, 0.25) is 0 Å². The molecular formula is C50H53FN10O6. The van der Waals surface area contributed by atoms with E-state index in [0.29, 0.717) is 84.5 Å². The fourth-order valence-electron chi connectivity index (χ4n) is 11.0. The maximum Gasteiger partial charge on any atom is 0.438 e. The number of ether oxygens (including phenoxy) is 2. The van der Waals surface area contributed by atoms with E-state index in [4.69, 9.17) is 19.1 Å². The van der Waals surface area contributed by atoms with Gasteiger partial charge in [0.2, 0.25) is 0 Å². The van der Waals surface area contributed by atoms with Crippen LogP contribution in [-0.4, -0.2) is 86.7 Å². The van der Waals surface area contributed by atoms with Crippen LogP contribution in [0.3, 0.4) is 0 Å². The van der Waals surface area contributed by atoms with E-state index < -0.39 is 17.3 Å². The number of benzene rings is 3. The van der Waals surface area contributed by atoms with Crippen LogP contribution in [0.15, 0.2) is 87.3 Å².